The summed E-state index contributed by atoms with van der Waals surface area (Å²) in [5.74, 6) is 0.357. The molecule has 0 saturated heterocycles. The number of aliphatic imine (C=N–C) groups is 2. The molecule has 0 aliphatic heterocycles. The Hall–Kier alpha value is -2.01. The fraction of sp³-hybridized carbons (Fsp3) is 0.278. The van der Waals surface area contributed by atoms with E-state index in [2.05, 4.69) is 21.9 Å². The predicted molar refractivity (Wildman–Crippen MR) is 98.3 cm³/mol. The normalized spacial score (nSPS) is 12.5. The standard InChI is InChI=1S/C18H20FN3S/c1-4-5-13(2)21-18(23-3)22-17-12-15(10-11-20-17)14-6-8-16(19)9-7-14/h6-12H,4-5H2,1-3H3. The van der Waals surface area contributed by atoms with E-state index in [9.17, 15) is 4.39 Å². The second kappa shape index (κ2) is 8.58. The summed E-state index contributed by atoms with van der Waals surface area (Å²) in [7, 11) is 0. The number of benzene rings is 1. The quantitative estimate of drug-likeness (QED) is 0.549. The minimum Gasteiger partial charge on any atom is -0.237 e. The van der Waals surface area contributed by atoms with Crippen LogP contribution in [0, 0.1) is 5.82 Å². The van der Waals surface area contributed by atoms with Crippen LogP contribution in [0.5, 0.6) is 0 Å². The van der Waals surface area contributed by atoms with Gasteiger partial charge in [-0.05, 0) is 55.0 Å². The Morgan fingerprint density at radius 1 is 1.17 bits per heavy atom. The summed E-state index contributed by atoms with van der Waals surface area (Å²) in [6.45, 7) is 4.14. The minimum atomic E-state index is -0.244. The molecule has 23 heavy (non-hydrogen) atoms. The zero-order valence-corrected chi connectivity index (χ0v) is 14.4. The number of pyridine rings is 1. The molecule has 0 bridgehead atoms. The van der Waals surface area contributed by atoms with Crippen LogP contribution < -0.4 is 0 Å². The van der Waals surface area contributed by atoms with Gasteiger partial charge < -0.3 is 0 Å². The molecule has 0 N–H and O–H groups in total. The van der Waals surface area contributed by atoms with Crippen molar-refractivity contribution in [3.8, 4) is 11.1 Å². The molecule has 5 heteroatoms. The summed E-state index contributed by atoms with van der Waals surface area (Å²) in [5, 5.41) is 0.694. The first-order chi connectivity index (χ1) is 11.1. The first kappa shape index (κ1) is 17.3. The summed E-state index contributed by atoms with van der Waals surface area (Å²) in [6, 6.07) is 10.2. The van der Waals surface area contributed by atoms with E-state index in [1.807, 2.05) is 25.3 Å². The molecule has 1 aromatic heterocycles. The summed E-state index contributed by atoms with van der Waals surface area (Å²) in [6.07, 6.45) is 5.68. The first-order valence-corrected chi connectivity index (χ1v) is 8.73. The molecule has 0 spiro atoms. The third kappa shape index (κ3) is 5.28. The van der Waals surface area contributed by atoms with Gasteiger partial charge in [-0.2, -0.15) is 0 Å². The van der Waals surface area contributed by atoms with Crippen LogP contribution in [0.2, 0.25) is 0 Å². The molecule has 2 aromatic rings. The fourth-order valence-electron chi connectivity index (χ4n) is 2.10. The zero-order chi connectivity index (χ0) is 16.7. The lowest BCUT2D eigenvalue weighted by atomic mass is 10.1. The highest BCUT2D eigenvalue weighted by Crippen LogP contribution is 2.23. The van der Waals surface area contributed by atoms with E-state index < -0.39 is 0 Å². The van der Waals surface area contributed by atoms with Gasteiger partial charge in [0.15, 0.2) is 11.0 Å². The summed E-state index contributed by atoms with van der Waals surface area (Å²) < 4.78 is 13.0. The van der Waals surface area contributed by atoms with Crippen molar-refractivity contribution >= 4 is 28.5 Å². The van der Waals surface area contributed by atoms with Crippen LogP contribution in [0.1, 0.15) is 26.7 Å². The number of halogens is 1. The van der Waals surface area contributed by atoms with Gasteiger partial charge in [-0.1, -0.05) is 37.2 Å². The van der Waals surface area contributed by atoms with Crippen LogP contribution in [0.25, 0.3) is 11.1 Å². The van der Waals surface area contributed by atoms with Gasteiger partial charge in [0.2, 0.25) is 0 Å². The van der Waals surface area contributed by atoms with Crippen molar-refractivity contribution in [1.82, 2.24) is 4.98 Å². The number of amidine groups is 1. The lowest BCUT2D eigenvalue weighted by molar-refractivity contribution is 0.628. The average molecular weight is 329 g/mol. The third-order valence-electron chi connectivity index (χ3n) is 3.21. The van der Waals surface area contributed by atoms with Gasteiger partial charge in [0.05, 0.1) is 0 Å². The van der Waals surface area contributed by atoms with Crippen LogP contribution in [0.15, 0.2) is 52.6 Å². The molecule has 0 saturated carbocycles. The van der Waals surface area contributed by atoms with E-state index in [0.717, 1.165) is 29.7 Å². The van der Waals surface area contributed by atoms with E-state index >= 15 is 0 Å². The largest absolute Gasteiger partial charge is 0.237 e. The Labute approximate surface area is 140 Å². The summed E-state index contributed by atoms with van der Waals surface area (Å²) in [5.41, 5.74) is 2.95. The van der Waals surface area contributed by atoms with Gasteiger partial charge in [0.1, 0.15) is 5.82 Å². The highest BCUT2D eigenvalue weighted by atomic mass is 32.2. The van der Waals surface area contributed by atoms with Crippen LogP contribution in [0.4, 0.5) is 10.2 Å². The molecule has 0 radical (unpaired) electrons. The van der Waals surface area contributed by atoms with E-state index in [4.69, 9.17) is 0 Å². The Balaban J connectivity index is 2.29. The molecule has 0 atom stereocenters. The number of aromatic nitrogens is 1. The van der Waals surface area contributed by atoms with Gasteiger partial charge >= 0.3 is 0 Å². The van der Waals surface area contributed by atoms with Crippen molar-refractivity contribution in [2.24, 2.45) is 9.98 Å². The minimum absolute atomic E-state index is 0.244. The van der Waals surface area contributed by atoms with Crippen LogP contribution in [-0.4, -0.2) is 22.1 Å². The molecular weight excluding hydrogens is 309 g/mol. The third-order valence-corrected chi connectivity index (χ3v) is 3.76. The zero-order valence-electron chi connectivity index (χ0n) is 13.6. The molecule has 0 aliphatic carbocycles. The molecule has 0 amide bonds. The average Bonchev–Trinajstić information content (AvgIpc) is 2.55. The Morgan fingerprint density at radius 3 is 2.57 bits per heavy atom. The topological polar surface area (TPSA) is 37.6 Å². The number of hydrogen-bond acceptors (Lipinski definition) is 3. The molecule has 1 aromatic carbocycles. The van der Waals surface area contributed by atoms with Gasteiger partial charge in [-0.3, -0.25) is 0 Å². The second-order valence-electron chi connectivity index (χ2n) is 5.11. The SMILES string of the molecule is CCCC(C)=NC(=Nc1cc(-c2ccc(F)cc2)ccn1)SC. The first-order valence-electron chi connectivity index (χ1n) is 7.51. The van der Waals surface area contributed by atoms with E-state index in [1.165, 1.54) is 23.9 Å². The van der Waals surface area contributed by atoms with E-state index in [1.54, 1.807) is 18.3 Å². The van der Waals surface area contributed by atoms with Crippen molar-refractivity contribution < 1.29 is 4.39 Å². The highest BCUT2D eigenvalue weighted by molar-refractivity contribution is 8.13. The van der Waals surface area contributed by atoms with Crippen molar-refractivity contribution in [2.75, 3.05) is 6.26 Å². The smallest absolute Gasteiger partial charge is 0.189 e. The number of nitrogens with zero attached hydrogens (tertiary/aromatic N) is 3. The van der Waals surface area contributed by atoms with Crippen molar-refractivity contribution in [3.05, 3.63) is 48.4 Å². The van der Waals surface area contributed by atoms with Gasteiger partial charge in [-0.25, -0.2) is 19.4 Å². The lowest BCUT2D eigenvalue weighted by Crippen LogP contribution is -1.96. The fourth-order valence-corrected chi connectivity index (χ4v) is 2.53. The molecule has 2 rings (SSSR count). The molecule has 120 valence electrons. The van der Waals surface area contributed by atoms with Crippen LogP contribution in [-0.2, 0) is 0 Å². The molecular formula is C18H20FN3S. The van der Waals surface area contributed by atoms with Crippen LogP contribution >= 0.6 is 11.8 Å². The predicted octanol–water partition coefficient (Wildman–Crippen LogP) is 5.50. The molecule has 0 unspecified atom stereocenters. The molecule has 0 aliphatic rings. The van der Waals surface area contributed by atoms with Gasteiger partial charge in [0, 0.05) is 11.9 Å². The maximum absolute atomic E-state index is 13.0. The van der Waals surface area contributed by atoms with Crippen molar-refractivity contribution in [3.63, 3.8) is 0 Å². The van der Waals surface area contributed by atoms with Gasteiger partial charge in [-0.15, -0.1) is 0 Å². The number of thioether (sulfide) groups is 1. The molecule has 1 heterocycles. The number of rotatable bonds is 4. The Morgan fingerprint density at radius 2 is 1.91 bits per heavy atom. The van der Waals surface area contributed by atoms with Gasteiger partial charge in [0.25, 0.3) is 0 Å². The number of hydrogen-bond donors (Lipinski definition) is 0. The lowest BCUT2D eigenvalue weighted by Gasteiger charge is -2.04. The Kier molecular flexibility index (Phi) is 6.47. The molecule has 0 fully saturated rings. The summed E-state index contributed by atoms with van der Waals surface area (Å²) >= 11 is 1.50. The highest BCUT2D eigenvalue weighted by Gasteiger charge is 2.02. The maximum Gasteiger partial charge on any atom is 0.189 e. The Bertz CT molecular complexity index is 708. The van der Waals surface area contributed by atoms with Crippen molar-refractivity contribution in [1.29, 1.82) is 0 Å². The summed E-state index contributed by atoms with van der Waals surface area (Å²) in [4.78, 5) is 13.3. The van der Waals surface area contributed by atoms with Crippen molar-refractivity contribution in [2.45, 2.75) is 26.7 Å². The second-order valence-corrected chi connectivity index (χ2v) is 5.88. The maximum atomic E-state index is 13.0. The van der Waals surface area contributed by atoms with E-state index in [0.29, 0.717) is 11.0 Å². The molecule has 3 nitrogen and oxygen atoms in total. The van der Waals surface area contributed by atoms with Crippen LogP contribution in [0.3, 0.4) is 0 Å². The monoisotopic (exact) mass is 329 g/mol. The van der Waals surface area contributed by atoms with E-state index in [-0.39, 0.29) is 5.82 Å².